The molecule has 0 spiro atoms. The largest absolute Gasteiger partial charge is 0.468 e. The summed E-state index contributed by atoms with van der Waals surface area (Å²) in [6.45, 7) is 0. The molecule has 1 aromatic rings. The summed E-state index contributed by atoms with van der Waals surface area (Å²) in [5.74, 6) is -0.324. The molecule has 0 radical (unpaired) electrons. The summed E-state index contributed by atoms with van der Waals surface area (Å²) >= 11 is 1.55. The molecule has 6 heteroatoms. The van der Waals surface area contributed by atoms with Crippen molar-refractivity contribution >= 4 is 17.7 Å². The highest BCUT2D eigenvalue weighted by atomic mass is 32.2. The first-order chi connectivity index (χ1) is 8.60. The Balaban J connectivity index is 2.15. The first-order valence-corrected chi connectivity index (χ1v) is 6.63. The van der Waals surface area contributed by atoms with Crippen molar-refractivity contribution < 1.29 is 18.3 Å². The van der Waals surface area contributed by atoms with Crippen molar-refractivity contribution in [2.75, 3.05) is 18.6 Å². The molecule has 1 aliphatic rings. The molecule has 2 unspecified atom stereocenters. The number of thioether (sulfide) groups is 1. The molecule has 0 aliphatic carbocycles. The van der Waals surface area contributed by atoms with Crippen LogP contribution < -0.4 is 5.32 Å². The van der Waals surface area contributed by atoms with Gasteiger partial charge in [0, 0.05) is 23.6 Å². The highest BCUT2D eigenvalue weighted by Gasteiger charge is 2.28. The van der Waals surface area contributed by atoms with Crippen LogP contribution in [-0.4, -0.2) is 30.6 Å². The van der Waals surface area contributed by atoms with Gasteiger partial charge in [0.15, 0.2) is 0 Å². The molecule has 1 saturated heterocycles. The van der Waals surface area contributed by atoms with Gasteiger partial charge < -0.3 is 4.74 Å². The topological polar surface area (TPSA) is 38.3 Å². The number of carbonyl (C=O) groups is 1. The lowest BCUT2D eigenvalue weighted by Crippen LogP contribution is -2.45. The van der Waals surface area contributed by atoms with Gasteiger partial charge >= 0.3 is 5.97 Å². The minimum atomic E-state index is -0.614. The van der Waals surface area contributed by atoms with Crippen molar-refractivity contribution in [3.05, 3.63) is 35.4 Å². The van der Waals surface area contributed by atoms with E-state index in [9.17, 15) is 13.6 Å². The predicted molar refractivity (Wildman–Crippen MR) is 65.4 cm³/mol. The molecular formula is C12H13F2NO2S. The number of carbonyl (C=O) groups excluding carboxylic acids is 1. The Morgan fingerprint density at radius 1 is 1.33 bits per heavy atom. The van der Waals surface area contributed by atoms with Crippen molar-refractivity contribution in [3.63, 3.8) is 0 Å². The number of esters is 1. The van der Waals surface area contributed by atoms with Gasteiger partial charge in [0.1, 0.15) is 17.7 Å². The van der Waals surface area contributed by atoms with Crippen molar-refractivity contribution in [2.45, 2.75) is 12.1 Å². The molecule has 3 nitrogen and oxygen atoms in total. The van der Waals surface area contributed by atoms with E-state index in [0.717, 1.165) is 6.07 Å². The zero-order valence-electron chi connectivity index (χ0n) is 9.78. The number of nitrogens with one attached hydrogen (secondary N) is 1. The first kappa shape index (κ1) is 13.3. The van der Waals surface area contributed by atoms with Gasteiger partial charge in [-0.1, -0.05) is 0 Å². The van der Waals surface area contributed by atoms with Crippen LogP contribution in [0.1, 0.15) is 11.6 Å². The maximum Gasteiger partial charge on any atom is 0.323 e. The smallest absolute Gasteiger partial charge is 0.323 e. The van der Waals surface area contributed by atoms with Gasteiger partial charge in [0.25, 0.3) is 0 Å². The third kappa shape index (κ3) is 3.00. The lowest BCUT2D eigenvalue weighted by atomic mass is 10.1. The third-order valence-electron chi connectivity index (χ3n) is 2.74. The highest BCUT2D eigenvalue weighted by molar-refractivity contribution is 7.99. The highest BCUT2D eigenvalue weighted by Crippen LogP contribution is 2.26. The normalized spacial score (nSPS) is 23.7. The second-order valence-electron chi connectivity index (χ2n) is 4.04. The van der Waals surface area contributed by atoms with E-state index in [-0.39, 0.29) is 12.0 Å². The number of methoxy groups -OCH3 is 1. The summed E-state index contributed by atoms with van der Waals surface area (Å²) in [5, 5.41) is 3.05. The maximum atomic E-state index is 13.1. The second-order valence-corrected chi connectivity index (χ2v) is 5.11. The average molecular weight is 273 g/mol. The summed E-state index contributed by atoms with van der Waals surface area (Å²) in [7, 11) is 1.32. The molecule has 1 aromatic carbocycles. The van der Waals surface area contributed by atoms with Crippen LogP contribution in [0.15, 0.2) is 18.2 Å². The number of hydrogen-bond donors (Lipinski definition) is 1. The molecule has 1 N–H and O–H groups in total. The summed E-state index contributed by atoms with van der Waals surface area (Å²) in [4.78, 5) is 11.4. The molecule has 0 saturated carbocycles. The summed E-state index contributed by atoms with van der Waals surface area (Å²) in [5.41, 5.74) is 0.508. The van der Waals surface area contributed by atoms with Crippen LogP contribution in [0.25, 0.3) is 0 Å². The van der Waals surface area contributed by atoms with E-state index in [4.69, 9.17) is 0 Å². The molecule has 2 atom stereocenters. The standard InChI is InChI=1S/C12H13F2NO2S/c1-17-12(16)11-6-18-5-10(15-11)7-2-8(13)4-9(14)3-7/h2-4,10-11,15H,5-6H2,1H3. The Bertz CT molecular complexity index is 435. The van der Waals surface area contributed by atoms with Gasteiger partial charge in [-0.05, 0) is 17.7 Å². The van der Waals surface area contributed by atoms with Crippen LogP contribution in [0.3, 0.4) is 0 Å². The zero-order valence-corrected chi connectivity index (χ0v) is 10.6. The summed E-state index contributed by atoms with van der Waals surface area (Å²) in [6, 6.07) is 2.70. The van der Waals surface area contributed by atoms with Gasteiger partial charge in [-0.15, -0.1) is 0 Å². The Hall–Kier alpha value is -1.14. The molecule has 2 rings (SSSR count). The minimum absolute atomic E-state index is 0.252. The van der Waals surface area contributed by atoms with E-state index in [1.807, 2.05) is 0 Å². The first-order valence-electron chi connectivity index (χ1n) is 5.48. The minimum Gasteiger partial charge on any atom is -0.468 e. The predicted octanol–water partition coefficient (Wildman–Crippen LogP) is 1.88. The van der Waals surface area contributed by atoms with E-state index in [1.165, 1.54) is 19.2 Å². The van der Waals surface area contributed by atoms with Gasteiger partial charge in [-0.25, -0.2) is 8.78 Å². The van der Waals surface area contributed by atoms with Crippen LogP contribution in [0.4, 0.5) is 8.78 Å². The Labute approximate surface area is 108 Å². The van der Waals surface area contributed by atoms with Crippen molar-refractivity contribution in [1.82, 2.24) is 5.32 Å². The van der Waals surface area contributed by atoms with Gasteiger partial charge in [-0.2, -0.15) is 11.8 Å². The zero-order chi connectivity index (χ0) is 13.1. The number of rotatable bonds is 2. The van der Waals surface area contributed by atoms with Crippen LogP contribution in [0, 0.1) is 11.6 Å². The summed E-state index contributed by atoms with van der Waals surface area (Å²) in [6.07, 6.45) is 0. The number of hydrogen-bond acceptors (Lipinski definition) is 4. The molecule has 0 amide bonds. The van der Waals surface area contributed by atoms with Gasteiger partial charge in [0.05, 0.1) is 7.11 Å². The molecule has 0 aromatic heterocycles. The molecule has 98 valence electrons. The van der Waals surface area contributed by atoms with Crippen molar-refractivity contribution in [1.29, 1.82) is 0 Å². The maximum absolute atomic E-state index is 13.1. The van der Waals surface area contributed by atoms with E-state index >= 15 is 0 Å². The summed E-state index contributed by atoms with van der Waals surface area (Å²) < 4.78 is 30.9. The Morgan fingerprint density at radius 3 is 2.61 bits per heavy atom. The van der Waals surface area contributed by atoms with E-state index in [1.54, 1.807) is 11.8 Å². The van der Waals surface area contributed by atoms with E-state index in [2.05, 4.69) is 10.1 Å². The van der Waals surface area contributed by atoms with Crippen LogP contribution in [0.2, 0.25) is 0 Å². The number of benzene rings is 1. The van der Waals surface area contributed by atoms with Crippen LogP contribution in [0.5, 0.6) is 0 Å². The fourth-order valence-corrected chi connectivity index (χ4v) is 3.02. The molecule has 1 fully saturated rings. The van der Waals surface area contributed by atoms with Gasteiger partial charge in [0.2, 0.25) is 0 Å². The lowest BCUT2D eigenvalue weighted by Gasteiger charge is -2.29. The quantitative estimate of drug-likeness (QED) is 0.835. The molecule has 18 heavy (non-hydrogen) atoms. The molecule has 1 heterocycles. The average Bonchev–Trinajstić information content (AvgIpc) is 2.37. The third-order valence-corrected chi connectivity index (χ3v) is 3.88. The monoisotopic (exact) mass is 273 g/mol. The van der Waals surface area contributed by atoms with Crippen molar-refractivity contribution in [3.8, 4) is 0 Å². The lowest BCUT2D eigenvalue weighted by molar-refractivity contribution is -0.142. The molecular weight excluding hydrogens is 260 g/mol. The van der Waals surface area contributed by atoms with Crippen LogP contribution >= 0.6 is 11.8 Å². The SMILES string of the molecule is COC(=O)C1CSCC(c2cc(F)cc(F)c2)N1. The van der Waals surface area contributed by atoms with E-state index in [0.29, 0.717) is 17.1 Å². The number of halogens is 2. The Kier molecular flexibility index (Phi) is 4.19. The second kappa shape index (κ2) is 5.67. The fourth-order valence-electron chi connectivity index (χ4n) is 1.89. The molecule has 0 bridgehead atoms. The van der Waals surface area contributed by atoms with Gasteiger partial charge in [-0.3, -0.25) is 10.1 Å². The Morgan fingerprint density at radius 2 is 2.00 bits per heavy atom. The fraction of sp³-hybridized carbons (Fsp3) is 0.417. The number of ether oxygens (including phenoxy) is 1. The van der Waals surface area contributed by atoms with E-state index < -0.39 is 17.7 Å². The molecule has 1 aliphatic heterocycles. The van der Waals surface area contributed by atoms with Crippen molar-refractivity contribution in [2.24, 2.45) is 0 Å². The van der Waals surface area contributed by atoms with Crippen LogP contribution in [-0.2, 0) is 9.53 Å².